The zero-order valence-corrected chi connectivity index (χ0v) is 12.4. The lowest BCUT2D eigenvalue weighted by Gasteiger charge is -2.14. The fraction of sp³-hybridized carbons (Fsp3) is 0.357. The molecule has 0 spiro atoms. The minimum atomic E-state index is -4.74. The van der Waals surface area contributed by atoms with Gasteiger partial charge in [0, 0.05) is 18.0 Å². The van der Waals surface area contributed by atoms with Crippen LogP contribution in [0, 0.1) is 17.2 Å². The highest BCUT2D eigenvalue weighted by atomic mass is 32.1. The van der Waals surface area contributed by atoms with Crippen molar-refractivity contribution in [3.8, 4) is 6.07 Å². The molecular formula is C14H10F3N3O2S. The Morgan fingerprint density at radius 3 is 2.91 bits per heavy atom. The van der Waals surface area contributed by atoms with Crippen LogP contribution in [-0.4, -0.2) is 30.9 Å². The van der Waals surface area contributed by atoms with Gasteiger partial charge in [-0.3, -0.25) is 0 Å². The molecule has 23 heavy (non-hydrogen) atoms. The minimum Gasteiger partial charge on any atom is -0.362 e. The van der Waals surface area contributed by atoms with Gasteiger partial charge in [0.2, 0.25) is 0 Å². The molecule has 0 radical (unpaired) electrons. The zero-order valence-electron chi connectivity index (χ0n) is 11.6. The van der Waals surface area contributed by atoms with Gasteiger partial charge < -0.3 is 9.74 Å². The van der Waals surface area contributed by atoms with E-state index >= 15 is 0 Å². The number of alkyl halides is 3. The molecule has 3 rings (SSSR count). The second kappa shape index (κ2) is 5.70. The number of halogens is 3. The molecule has 1 aromatic rings. The highest BCUT2D eigenvalue weighted by Crippen LogP contribution is 2.34. The van der Waals surface area contributed by atoms with Crippen LogP contribution >= 0.6 is 11.3 Å². The van der Waals surface area contributed by atoms with E-state index in [1.54, 1.807) is 12.1 Å². The van der Waals surface area contributed by atoms with Crippen LogP contribution in [-0.2, 0) is 9.63 Å². The molecule has 120 valence electrons. The van der Waals surface area contributed by atoms with E-state index in [-0.39, 0.29) is 5.92 Å². The third-order valence-corrected chi connectivity index (χ3v) is 4.64. The van der Waals surface area contributed by atoms with Crippen molar-refractivity contribution in [1.82, 2.24) is 0 Å². The fourth-order valence-electron chi connectivity index (χ4n) is 2.41. The van der Waals surface area contributed by atoms with Gasteiger partial charge in [0.05, 0.1) is 22.6 Å². The normalized spacial score (nSPS) is 23.1. The Labute approximate surface area is 133 Å². The molecule has 0 aromatic carbocycles. The summed E-state index contributed by atoms with van der Waals surface area (Å²) in [5.41, 5.74) is -1.91. The van der Waals surface area contributed by atoms with Crippen molar-refractivity contribution < 1.29 is 22.8 Å². The van der Waals surface area contributed by atoms with E-state index in [4.69, 9.17) is 5.26 Å². The van der Waals surface area contributed by atoms with E-state index in [1.165, 1.54) is 11.3 Å². The Hall–Kier alpha value is -2.34. The Morgan fingerprint density at radius 1 is 1.48 bits per heavy atom. The second-order valence-corrected chi connectivity index (χ2v) is 6.20. The topological polar surface area (TPSA) is 65.7 Å². The van der Waals surface area contributed by atoms with Gasteiger partial charge in [0.25, 0.3) is 0 Å². The maximum absolute atomic E-state index is 12.8. The van der Waals surface area contributed by atoms with Crippen molar-refractivity contribution in [3.05, 3.63) is 22.6 Å². The first kappa shape index (κ1) is 15.6. The number of nitrogens with zero attached hydrogens (tertiary/aromatic N) is 3. The lowest BCUT2D eigenvalue weighted by molar-refractivity contribution is -0.136. The number of oxime groups is 1. The predicted molar refractivity (Wildman–Crippen MR) is 77.8 cm³/mol. The molecule has 3 heterocycles. The fourth-order valence-corrected chi connectivity index (χ4v) is 3.40. The summed E-state index contributed by atoms with van der Waals surface area (Å²) >= 11 is 1.25. The Bertz CT molecular complexity index is 745. The molecule has 1 aromatic heterocycles. The third kappa shape index (κ3) is 3.07. The molecule has 0 aliphatic carbocycles. The summed E-state index contributed by atoms with van der Waals surface area (Å²) in [5.74, 6) is -1.15. The van der Waals surface area contributed by atoms with Crippen LogP contribution in [0.4, 0.5) is 18.2 Å². The van der Waals surface area contributed by atoms with E-state index in [1.807, 2.05) is 4.90 Å². The van der Waals surface area contributed by atoms with E-state index in [0.29, 0.717) is 11.4 Å². The molecule has 0 saturated carbocycles. The number of thiophene rings is 1. The molecule has 2 aliphatic rings. The van der Waals surface area contributed by atoms with Gasteiger partial charge in [-0.25, -0.2) is 4.79 Å². The Balaban J connectivity index is 1.82. The molecule has 9 heteroatoms. The number of hydrogen-bond donors (Lipinski definition) is 0. The molecule has 0 bridgehead atoms. The predicted octanol–water partition coefficient (Wildman–Crippen LogP) is 2.96. The number of carbonyl (C=O) groups excluding carboxylic acids is 1. The number of nitriles is 1. The third-order valence-electron chi connectivity index (χ3n) is 3.55. The first-order valence-corrected chi connectivity index (χ1v) is 7.53. The van der Waals surface area contributed by atoms with Gasteiger partial charge >= 0.3 is 12.1 Å². The summed E-state index contributed by atoms with van der Waals surface area (Å²) < 4.78 is 38.3. The van der Waals surface area contributed by atoms with E-state index in [9.17, 15) is 18.0 Å². The van der Waals surface area contributed by atoms with Crippen LogP contribution in [0.5, 0.6) is 0 Å². The molecule has 1 atom stereocenters. The Morgan fingerprint density at radius 2 is 2.26 bits per heavy atom. The standard InChI is InChI=1S/C14H10F3N3O2S/c15-14(16,17)12-10(13(21)22-19-12)5-9-1-2-11(23-9)20-4-3-8(6-18)7-20/h1-2,5,8H,3-4,7H2/b10-5-. The lowest BCUT2D eigenvalue weighted by atomic mass is 10.1. The molecule has 1 unspecified atom stereocenters. The average Bonchev–Trinajstić information content (AvgIpc) is 3.19. The van der Waals surface area contributed by atoms with Crippen molar-refractivity contribution in [2.24, 2.45) is 11.1 Å². The molecule has 5 nitrogen and oxygen atoms in total. The van der Waals surface area contributed by atoms with Gasteiger partial charge in [-0.1, -0.05) is 5.16 Å². The molecular weight excluding hydrogens is 331 g/mol. The quantitative estimate of drug-likeness (QED) is 0.613. The Kier molecular flexibility index (Phi) is 3.85. The summed E-state index contributed by atoms with van der Waals surface area (Å²) in [5, 5.41) is 12.6. The van der Waals surface area contributed by atoms with Gasteiger partial charge in [0.15, 0.2) is 5.71 Å². The van der Waals surface area contributed by atoms with Crippen LogP contribution in [0.25, 0.3) is 6.08 Å². The molecule has 0 N–H and O–H groups in total. The molecule has 0 amide bonds. The van der Waals surface area contributed by atoms with Crippen molar-refractivity contribution >= 4 is 34.1 Å². The van der Waals surface area contributed by atoms with Crippen molar-refractivity contribution in [2.75, 3.05) is 18.0 Å². The molecule has 1 fully saturated rings. The number of rotatable bonds is 2. The van der Waals surface area contributed by atoms with Crippen LogP contribution in [0.2, 0.25) is 0 Å². The number of hydrogen-bond acceptors (Lipinski definition) is 6. The van der Waals surface area contributed by atoms with E-state index in [2.05, 4.69) is 16.1 Å². The van der Waals surface area contributed by atoms with Gasteiger partial charge in [0.1, 0.15) is 0 Å². The molecule has 2 aliphatic heterocycles. The summed E-state index contributed by atoms with van der Waals surface area (Å²) in [6, 6.07) is 5.60. The molecule has 1 saturated heterocycles. The SMILES string of the molecule is N#CC1CCN(c2ccc(/C=C3\C(=O)ON=C3C(F)(F)F)s2)C1. The maximum Gasteiger partial charge on any atom is 0.437 e. The van der Waals surface area contributed by atoms with Crippen molar-refractivity contribution in [1.29, 1.82) is 5.26 Å². The number of anilines is 1. The van der Waals surface area contributed by atoms with Crippen LogP contribution in [0.3, 0.4) is 0 Å². The average molecular weight is 341 g/mol. The summed E-state index contributed by atoms with van der Waals surface area (Å²) in [6.07, 6.45) is -2.84. The second-order valence-electron chi connectivity index (χ2n) is 5.11. The highest BCUT2D eigenvalue weighted by molar-refractivity contribution is 7.17. The highest BCUT2D eigenvalue weighted by Gasteiger charge is 2.45. The summed E-state index contributed by atoms with van der Waals surface area (Å²) in [4.78, 5) is 18.1. The smallest absolute Gasteiger partial charge is 0.362 e. The van der Waals surface area contributed by atoms with Crippen LogP contribution < -0.4 is 4.90 Å². The van der Waals surface area contributed by atoms with Crippen molar-refractivity contribution in [3.63, 3.8) is 0 Å². The first-order valence-electron chi connectivity index (χ1n) is 6.71. The van der Waals surface area contributed by atoms with Gasteiger partial charge in [-0.15, -0.1) is 11.3 Å². The maximum atomic E-state index is 12.8. The van der Waals surface area contributed by atoms with Crippen LogP contribution in [0.1, 0.15) is 11.3 Å². The van der Waals surface area contributed by atoms with Gasteiger partial charge in [-0.05, 0) is 24.6 Å². The van der Waals surface area contributed by atoms with Gasteiger partial charge in [-0.2, -0.15) is 18.4 Å². The van der Waals surface area contributed by atoms with E-state index < -0.39 is 23.4 Å². The first-order chi connectivity index (χ1) is 10.9. The van der Waals surface area contributed by atoms with Crippen molar-refractivity contribution in [2.45, 2.75) is 12.6 Å². The largest absolute Gasteiger partial charge is 0.437 e. The zero-order chi connectivity index (χ0) is 16.6. The minimum absolute atomic E-state index is 0.0346. The monoisotopic (exact) mass is 341 g/mol. The number of carbonyl (C=O) groups is 1. The summed E-state index contributed by atoms with van der Waals surface area (Å²) in [7, 11) is 0. The summed E-state index contributed by atoms with van der Waals surface area (Å²) in [6.45, 7) is 1.33. The van der Waals surface area contributed by atoms with E-state index in [0.717, 1.165) is 24.0 Å². The van der Waals surface area contributed by atoms with Crippen LogP contribution in [0.15, 0.2) is 22.9 Å². The lowest BCUT2D eigenvalue weighted by Crippen LogP contribution is -2.24.